The summed E-state index contributed by atoms with van der Waals surface area (Å²) in [7, 11) is 0. The fourth-order valence-corrected chi connectivity index (χ4v) is 2.64. The molecule has 2 heteroatoms. The summed E-state index contributed by atoms with van der Waals surface area (Å²) in [6.07, 6.45) is 5.10. The molecule has 94 valence electrons. The number of benzene rings is 1. The quantitative estimate of drug-likeness (QED) is 0.730. The van der Waals surface area contributed by atoms with Crippen molar-refractivity contribution in [2.24, 2.45) is 5.41 Å². The summed E-state index contributed by atoms with van der Waals surface area (Å²) in [5.74, 6) is 0.990. The van der Waals surface area contributed by atoms with Crippen LogP contribution in [-0.2, 0) is 0 Å². The lowest BCUT2D eigenvalue weighted by atomic mass is 9.74. The molecule has 1 fully saturated rings. The zero-order chi connectivity index (χ0) is 12.0. The van der Waals surface area contributed by atoms with Gasteiger partial charge in [-0.05, 0) is 36.8 Å². The van der Waals surface area contributed by atoms with Gasteiger partial charge < -0.3 is 10.1 Å². The lowest BCUT2D eigenvalue weighted by Crippen LogP contribution is -2.53. The smallest absolute Gasteiger partial charge is 0.119 e. The fraction of sp³-hybridized carbons (Fsp3) is 0.600. The predicted octanol–water partition coefficient (Wildman–Crippen LogP) is 3.24. The minimum Gasteiger partial charge on any atom is -0.494 e. The van der Waals surface area contributed by atoms with Gasteiger partial charge in [0.15, 0.2) is 0 Å². The van der Waals surface area contributed by atoms with Crippen molar-refractivity contribution in [2.75, 3.05) is 19.7 Å². The molecule has 0 saturated carbocycles. The van der Waals surface area contributed by atoms with E-state index < -0.39 is 0 Å². The largest absolute Gasteiger partial charge is 0.494 e. The van der Waals surface area contributed by atoms with Gasteiger partial charge >= 0.3 is 0 Å². The molecule has 0 aliphatic carbocycles. The maximum Gasteiger partial charge on any atom is 0.119 e. The molecule has 1 N–H and O–H groups in total. The Morgan fingerprint density at radius 3 is 2.53 bits per heavy atom. The van der Waals surface area contributed by atoms with Gasteiger partial charge in [0.05, 0.1) is 6.61 Å². The molecule has 1 aliphatic rings. The first-order valence-corrected chi connectivity index (χ1v) is 6.73. The summed E-state index contributed by atoms with van der Waals surface area (Å²) in [4.78, 5) is 0. The van der Waals surface area contributed by atoms with Crippen LogP contribution in [0.1, 0.15) is 32.6 Å². The first kappa shape index (κ1) is 12.4. The van der Waals surface area contributed by atoms with Crippen molar-refractivity contribution in [3.05, 3.63) is 30.3 Å². The van der Waals surface area contributed by atoms with Gasteiger partial charge in [0.1, 0.15) is 5.75 Å². The molecule has 1 aromatic carbocycles. The van der Waals surface area contributed by atoms with E-state index in [1.165, 1.54) is 32.4 Å². The Balaban J connectivity index is 1.66. The summed E-state index contributed by atoms with van der Waals surface area (Å²) in [6, 6.07) is 10.1. The molecular weight excluding hydrogens is 210 g/mol. The third-order valence-corrected chi connectivity index (χ3v) is 3.64. The summed E-state index contributed by atoms with van der Waals surface area (Å²) in [6.45, 7) is 5.52. The summed E-state index contributed by atoms with van der Waals surface area (Å²) in [5, 5.41) is 3.40. The molecule has 0 unspecified atom stereocenters. The molecule has 0 aromatic heterocycles. The lowest BCUT2D eigenvalue weighted by Gasteiger charge is -2.43. The second-order valence-corrected chi connectivity index (χ2v) is 5.12. The number of rotatable bonds is 7. The summed E-state index contributed by atoms with van der Waals surface area (Å²) < 4.78 is 5.73. The maximum absolute atomic E-state index is 5.73. The van der Waals surface area contributed by atoms with Crippen LogP contribution < -0.4 is 10.1 Å². The van der Waals surface area contributed by atoms with Crippen LogP contribution in [-0.4, -0.2) is 19.7 Å². The van der Waals surface area contributed by atoms with Gasteiger partial charge in [0, 0.05) is 13.1 Å². The highest BCUT2D eigenvalue weighted by Gasteiger charge is 2.34. The van der Waals surface area contributed by atoms with Gasteiger partial charge in [-0.25, -0.2) is 0 Å². The molecule has 1 aromatic rings. The highest BCUT2D eigenvalue weighted by Crippen LogP contribution is 2.33. The highest BCUT2D eigenvalue weighted by atomic mass is 16.5. The predicted molar refractivity (Wildman–Crippen MR) is 71.4 cm³/mol. The van der Waals surface area contributed by atoms with Gasteiger partial charge in [0.25, 0.3) is 0 Å². The molecule has 2 rings (SSSR count). The Labute approximate surface area is 104 Å². The summed E-state index contributed by atoms with van der Waals surface area (Å²) in [5.41, 5.74) is 0.578. The number of hydrogen-bond donors (Lipinski definition) is 1. The maximum atomic E-state index is 5.73. The van der Waals surface area contributed by atoms with Crippen LogP contribution in [0.2, 0.25) is 0 Å². The zero-order valence-electron chi connectivity index (χ0n) is 10.7. The van der Waals surface area contributed by atoms with Crippen LogP contribution in [0.25, 0.3) is 0 Å². The Kier molecular flexibility index (Phi) is 4.43. The van der Waals surface area contributed by atoms with E-state index in [-0.39, 0.29) is 0 Å². The molecule has 0 amide bonds. The van der Waals surface area contributed by atoms with E-state index in [1.807, 2.05) is 30.3 Å². The first-order chi connectivity index (χ1) is 8.35. The fourth-order valence-electron chi connectivity index (χ4n) is 2.64. The average Bonchev–Trinajstić information content (AvgIpc) is 2.32. The van der Waals surface area contributed by atoms with Crippen LogP contribution >= 0.6 is 0 Å². The number of hydrogen-bond acceptors (Lipinski definition) is 2. The molecule has 0 bridgehead atoms. The van der Waals surface area contributed by atoms with E-state index >= 15 is 0 Å². The average molecular weight is 233 g/mol. The van der Waals surface area contributed by atoms with Crippen LogP contribution in [0.15, 0.2) is 30.3 Å². The van der Waals surface area contributed by atoms with Crippen molar-refractivity contribution in [1.82, 2.24) is 5.32 Å². The van der Waals surface area contributed by atoms with Crippen molar-refractivity contribution >= 4 is 0 Å². The lowest BCUT2D eigenvalue weighted by molar-refractivity contribution is 0.124. The van der Waals surface area contributed by atoms with Gasteiger partial charge in [-0.15, -0.1) is 0 Å². The summed E-state index contributed by atoms with van der Waals surface area (Å²) >= 11 is 0. The standard InChI is InChI=1S/C15H23NO/c1-2-9-15(12-16-13-15)10-6-11-17-14-7-4-3-5-8-14/h3-5,7-8,16H,2,6,9-13H2,1H3. The van der Waals surface area contributed by atoms with E-state index in [4.69, 9.17) is 4.74 Å². The zero-order valence-corrected chi connectivity index (χ0v) is 10.7. The monoisotopic (exact) mass is 233 g/mol. The van der Waals surface area contributed by atoms with Crippen LogP contribution in [0.3, 0.4) is 0 Å². The molecular formula is C15H23NO. The Hall–Kier alpha value is -1.02. The van der Waals surface area contributed by atoms with Crippen molar-refractivity contribution in [3.8, 4) is 5.75 Å². The van der Waals surface area contributed by atoms with Gasteiger partial charge in [0.2, 0.25) is 0 Å². The van der Waals surface area contributed by atoms with Gasteiger partial charge in [-0.3, -0.25) is 0 Å². The molecule has 1 heterocycles. The number of ether oxygens (including phenoxy) is 1. The third-order valence-electron chi connectivity index (χ3n) is 3.64. The van der Waals surface area contributed by atoms with E-state index in [0.717, 1.165) is 18.8 Å². The third kappa shape index (κ3) is 3.47. The molecule has 1 aliphatic heterocycles. The molecule has 0 spiro atoms. The van der Waals surface area contributed by atoms with Crippen molar-refractivity contribution in [2.45, 2.75) is 32.6 Å². The molecule has 0 atom stereocenters. The Morgan fingerprint density at radius 2 is 1.94 bits per heavy atom. The van der Waals surface area contributed by atoms with Crippen LogP contribution in [0.4, 0.5) is 0 Å². The second-order valence-electron chi connectivity index (χ2n) is 5.12. The van der Waals surface area contributed by atoms with E-state index in [9.17, 15) is 0 Å². The molecule has 1 saturated heterocycles. The molecule has 0 radical (unpaired) electrons. The Bertz CT molecular complexity index is 319. The number of nitrogens with one attached hydrogen (secondary N) is 1. The minimum atomic E-state index is 0.578. The van der Waals surface area contributed by atoms with Crippen molar-refractivity contribution in [1.29, 1.82) is 0 Å². The van der Waals surface area contributed by atoms with Gasteiger partial charge in [-0.1, -0.05) is 31.5 Å². The second kappa shape index (κ2) is 6.06. The first-order valence-electron chi connectivity index (χ1n) is 6.73. The van der Waals surface area contributed by atoms with Crippen molar-refractivity contribution in [3.63, 3.8) is 0 Å². The van der Waals surface area contributed by atoms with Gasteiger partial charge in [-0.2, -0.15) is 0 Å². The highest BCUT2D eigenvalue weighted by molar-refractivity contribution is 5.20. The van der Waals surface area contributed by atoms with E-state index in [2.05, 4.69) is 12.2 Å². The van der Waals surface area contributed by atoms with E-state index in [1.54, 1.807) is 0 Å². The minimum absolute atomic E-state index is 0.578. The Morgan fingerprint density at radius 1 is 1.18 bits per heavy atom. The van der Waals surface area contributed by atoms with Crippen LogP contribution in [0.5, 0.6) is 5.75 Å². The van der Waals surface area contributed by atoms with E-state index in [0.29, 0.717) is 5.41 Å². The molecule has 2 nitrogen and oxygen atoms in total. The topological polar surface area (TPSA) is 21.3 Å². The van der Waals surface area contributed by atoms with Crippen LogP contribution in [0, 0.1) is 5.41 Å². The normalized spacial score (nSPS) is 17.5. The SMILES string of the molecule is CCCC1(CCCOc2ccccc2)CNC1. The number of para-hydroxylation sites is 1. The van der Waals surface area contributed by atoms with Crippen molar-refractivity contribution < 1.29 is 4.74 Å². The molecule has 17 heavy (non-hydrogen) atoms.